The maximum Gasteiger partial charge on any atom is 0.230 e. The number of nitrogens with two attached hydrogens (primary N) is 1. The van der Waals surface area contributed by atoms with Crippen molar-refractivity contribution >= 4 is 5.91 Å². The van der Waals surface area contributed by atoms with Gasteiger partial charge >= 0.3 is 0 Å². The van der Waals surface area contributed by atoms with Crippen LogP contribution in [-0.4, -0.2) is 30.9 Å². The highest BCUT2D eigenvalue weighted by molar-refractivity contribution is 5.85. The third-order valence-electron chi connectivity index (χ3n) is 3.14. The van der Waals surface area contributed by atoms with Crippen molar-refractivity contribution in [2.45, 2.75) is 20.3 Å². The minimum absolute atomic E-state index is 0.222. The number of nitrogens with zero attached hydrogens (tertiary/aromatic N) is 1. The molecule has 1 unspecified atom stereocenters. The van der Waals surface area contributed by atoms with E-state index >= 15 is 0 Å². The molecule has 1 atom stereocenters. The predicted molar refractivity (Wildman–Crippen MR) is 48.6 cm³/mol. The fourth-order valence-corrected chi connectivity index (χ4v) is 1.92. The molecule has 0 saturated carbocycles. The van der Waals surface area contributed by atoms with Crippen LogP contribution in [0.2, 0.25) is 0 Å². The SMILES string of the molecule is CC(C)C1(CN)CCN(C)C1=O. The molecule has 1 heterocycles. The third kappa shape index (κ3) is 1.12. The summed E-state index contributed by atoms with van der Waals surface area (Å²) in [5.41, 5.74) is 5.41. The van der Waals surface area contributed by atoms with Gasteiger partial charge in [0, 0.05) is 20.1 Å². The second-order valence-electron chi connectivity index (χ2n) is 3.99. The average Bonchev–Trinajstić information content (AvgIpc) is 2.31. The summed E-state index contributed by atoms with van der Waals surface area (Å²) in [7, 11) is 1.85. The van der Waals surface area contributed by atoms with Gasteiger partial charge in [-0.3, -0.25) is 4.79 Å². The molecule has 1 fully saturated rings. The first-order valence-electron chi connectivity index (χ1n) is 4.50. The van der Waals surface area contributed by atoms with Crippen molar-refractivity contribution in [3.05, 3.63) is 0 Å². The maximum absolute atomic E-state index is 11.7. The number of hydrogen-bond acceptors (Lipinski definition) is 2. The third-order valence-corrected chi connectivity index (χ3v) is 3.14. The molecule has 1 saturated heterocycles. The topological polar surface area (TPSA) is 46.3 Å². The number of hydrogen-bond donors (Lipinski definition) is 1. The number of carbonyl (C=O) groups is 1. The lowest BCUT2D eigenvalue weighted by Crippen LogP contribution is -2.42. The first-order valence-corrected chi connectivity index (χ1v) is 4.50. The van der Waals surface area contributed by atoms with E-state index in [1.54, 1.807) is 4.90 Å². The Labute approximate surface area is 73.9 Å². The zero-order valence-electron chi connectivity index (χ0n) is 8.13. The van der Waals surface area contributed by atoms with E-state index < -0.39 is 0 Å². The Morgan fingerprint density at radius 1 is 1.67 bits per heavy atom. The Kier molecular flexibility index (Phi) is 2.42. The van der Waals surface area contributed by atoms with Crippen molar-refractivity contribution in [3.8, 4) is 0 Å². The van der Waals surface area contributed by atoms with Crippen molar-refractivity contribution in [2.24, 2.45) is 17.1 Å². The first-order chi connectivity index (χ1) is 5.54. The summed E-state index contributed by atoms with van der Waals surface area (Å²) in [4.78, 5) is 13.5. The highest BCUT2D eigenvalue weighted by Gasteiger charge is 2.46. The van der Waals surface area contributed by atoms with Crippen LogP contribution in [0.4, 0.5) is 0 Å². The largest absolute Gasteiger partial charge is 0.345 e. The van der Waals surface area contributed by atoms with Crippen LogP contribution in [-0.2, 0) is 4.79 Å². The second-order valence-corrected chi connectivity index (χ2v) is 3.99. The van der Waals surface area contributed by atoms with Crippen molar-refractivity contribution in [1.82, 2.24) is 4.90 Å². The van der Waals surface area contributed by atoms with Gasteiger partial charge in [0.2, 0.25) is 5.91 Å². The molecule has 70 valence electrons. The van der Waals surface area contributed by atoms with E-state index in [9.17, 15) is 4.79 Å². The minimum Gasteiger partial charge on any atom is -0.345 e. The van der Waals surface area contributed by atoms with Crippen LogP contribution in [0.25, 0.3) is 0 Å². The van der Waals surface area contributed by atoms with Crippen LogP contribution < -0.4 is 5.73 Å². The van der Waals surface area contributed by atoms with E-state index in [1.165, 1.54) is 0 Å². The normalized spacial score (nSPS) is 30.4. The van der Waals surface area contributed by atoms with Gasteiger partial charge in [-0.1, -0.05) is 13.8 Å². The average molecular weight is 170 g/mol. The first kappa shape index (κ1) is 9.52. The van der Waals surface area contributed by atoms with Crippen LogP contribution in [0.15, 0.2) is 0 Å². The van der Waals surface area contributed by atoms with Crippen LogP contribution in [0.5, 0.6) is 0 Å². The number of amides is 1. The molecule has 0 aromatic rings. The van der Waals surface area contributed by atoms with E-state index in [4.69, 9.17) is 5.73 Å². The monoisotopic (exact) mass is 170 g/mol. The molecule has 12 heavy (non-hydrogen) atoms. The quantitative estimate of drug-likeness (QED) is 0.654. The van der Waals surface area contributed by atoms with Gasteiger partial charge in [-0.05, 0) is 12.3 Å². The van der Waals surface area contributed by atoms with Gasteiger partial charge in [-0.15, -0.1) is 0 Å². The summed E-state index contributed by atoms with van der Waals surface area (Å²) in [6, 6.07) is 0. The molecule has 1 aliphatic rings. The van der Waals surface area contributed by atoms with Crippen molar-refractivity contribution in [2.75, 3.05) is 20.1 Å². The summed E-state index contributed by atoms with van der Waals surface area (Å²) in [6.07, 6.45) is 0.913. The molecule has 2 N–H and O–H groups in total. The van der Waals surface area contributed by atoms with Crippen LogP contribution in [0, 0.1) is 11.3 Å². The smallest absolute Gasteiger partial charge is 0.230 e. The van der Waals surface area contributed by atoms with Crippen LogP contribution in [0.1, 0.15) is 20.3 Å². The van der Waals surface area contributed by atoms with Gasteiger partial charge in [-0.2, -0.15) is 0 Å². The van der Waals surface area contributed by atoms with Crippen LogP contribution >= 0.6 is 0 Å². The molecular formula is C9H18N2O. The zero-order valence-corrected chi connectivity index (χ0v) is 8.13. The number of likely N-dealkylation sites (tertiary alicyclic amines) is 1. The van der Waals surface area contributed by atoms with E-state index in [0.717, 1.165) is 13.0 Å². The summed E-state index contributed by atoms with van der Waals surface area (Å²) >= 11 is 0. The standard InChI is InChI=1S/C9H18N2O/c1-7(2)9(6-10)4-5-11(3)8(9)12/h7H,4-6,10H2,1-3H3. The molecule has 0 bridgehead atoms. The van der Waals surface area contributed by atoms with Crippen molar-refractivity contribution in [3.63, 3.8) is 0 Å². The van der Waals surface area contributed by atoms with Crippen LogP contribution in [0.3, 0.4) is 0 Å². The van der Waals surface area contributed by atoms with Gasteiger partial charge in [-0.25, -0.2) is 0 Å². The van der Waals surface area contributed by atoms with E-state index in [1.807, 2.05) is 7.05 Å². The summed E-state index contributed by atoms with van der Waals surface area (Å²) in [5.74, 6) is 0.569. The molecule has 3 heteroatoms. The highest BCUT2D eigenvalue weighted by atomic mass is 16.2. The molecule has 0 aromatic carbocycles. The Bertz CT molecular complexity index is 191. The van der Waals surface area contributed by atoms with Crippen molar-refractivity contribution in [1.29, 1.82) is 0 Å². The van der Waals surface area contributed by atoms with Gasteiger partial charge < -0.3 is 10.6 Å². The Balaban J connectivity index is 2.88. The highest BCUT2D eigenvalue weighted by Crippen LogP contribution is 2.37. The fraction of sp³-hybridized carbons (Fsp3) is 0.889. The lowest BCUT2D eigenvalue weighted by molar-refractivity contribution is -0.136. The molecule has 0 aromatic heterocycles. The van der Waals surface area contributed by atoms with E-state index in [2.05, 4.69) is 13.8 Å². The molecule has 0 radical (unpaired) electrons. The minimum atomic E-state index is -0.269. The maximum atomic E-state index is 11.7. The summed E-state index contributed by atoms with van der Waals surface area (Å²) in [5, 5.41) is 0. The predicted octanol–water partition coefficient (Wildman–Crippen LogP) is 0.450. The van der Waals surface area contributed by atoms with Gasteiger partial charge in [0.15, 0.2) is 0 Å². The zero-order chi connectivity index (χ0) is 9.35. The van der Waals surface area contributed by atoms with Gasteiger partial charge in [0.25, 0.3) is 0 Å². The molecule has 1 amide bonds. The molecule has 3 nitrogen and oxygen atoms in total. The Hall–Kier alpha value is -0.570. The Morgan fingerprint density at radius 3 is 2.42 bits per heavy atom. The molecule has 1 aliphatic heterocycles. The Morgan fingerprint density at radius 2 is 2.25 bits per heavy atom. The van der Waals surface area contributed by atoms with Gasteiger partial charge in [0.1, 0.15) is 0 Å². The molecule has 0 aliphatic carbocycles. The summed E-state index contributed by atoms with van der Waals surface area (Å²) in [6.45, 7) is 5.48. The number of carbonyl (C=O) groups excluding carboxylic acids is 1. The summed E-state index contributed by atoms with van der Waals surface area (Å²) < 4.78 is 0. The molecule has 0 spiro atoms. The lowest BCUT2D eigenvalue weighted by Gasteiger charge is -2.29. The molecular weight excluding hydrogens is 152 g/mol. The van der Waals surface area contributed by atoms with E-state index in [0.29, 0.717) is 12.5 Å². The lowest BCUT2D eigenvalue weighted by atomic mass is 9.76. The van der Waals surface area contributed by atoms with Gasteiger partial charge in [0.05, 0.1) is 5.41 Å². The van der Waals surface area contributed by atoms with E-state index in [-0.39, 0.29) is 11.3 Å². The second kappa shape index (κ2) is 3.05. The molecule has 1 rings (SSSR count). The van der Waals surface area contributed by atoms with Crippen molar-refractivity contribution < 1.29 is 4.79 Å². The fourth-order valence-electron chi connectivity index (χ4n) is 1.92. The number of rotatable bonds is 2.